The number of aliphatic imine (C=N–C) groups is 1. The standard InChI is InChI=1S/C11H16BrN3O/c12-10-7-6-9(16-10)11(15-13)14-8-4-2-1-3-5-8/h6-8H,1-5,13H2,(H,14,15). The molecule has 1 saturated carbocycles. The van der Waals surface area contributed by atoms with E-state index >= 15 is 0 Å². The van der Waals surface area contributed by atoms with Crippen molar-refractivity contribution >= 4 is 21.8 Å². The summed E-state index contributed by atoms with van der Waals surface area (Å²) in [6, 6.07) is 4.07. The summed E-state index contributed by atoms with van der Waals surface area (Å²) in [4.78, 5) is 4.60. The van der Waals surface area contributed by atoms with Gasteiger partial charge in [0.05, 0.1) is 6.04 Å². The quantitative estimate of drug-likeness (QED) is 0.380. The van der Waals surface area contributed by atoms with Crippen molar-refractivity contribution in [1.29, 1.82) is 0 Å². The first kappa shape index (κ1) is 11.7. The average molecular weight is 286 g/mol. The first-order valence-corrected chi connectivity index (χ1v) is 6.39. The summed E-state index contributed by atoms with van der Waals surface area (Å²) in [6.45, 7) is 0. The van der Waals surface area contributed by atoms with E-state index in [0.717, 1.165) is 12.8 Å². The third-order valence-corrected chi connectivity index (χ3v) is 3.26. The van der Waals surface area contributed by atoms with E-state index in [1.54, 1.807) is 0 Å². The van der Waals surface area contributed by atoms with Gasteiger partial charge in [-0.05, 0) is 40.9 Å². The van der Waals surface area contributed by atoms with Crippen LogP contribution in [0.2, 0.25) is 0 Å². The maximum absolute atomic E-state index is 5.48. The van der Waals surface area contributed by atoms with E-state index in [0.29, 0.717) is 22.3 Å². The van der Waals surface area contributed by atoms with Crippen LogP contribution in [0.4, 0.5) is 0 Å². The molecular weight excluding hydrogens is 270 g/mol. The van der Waals surface area contributed by atoms with Crippen molar-refractivity contribution in [3.8, 4) is 0 Å². The highest BCUT2D eigenvalue weighted by atomic mass is 79.9. The predicted molar refractivity (Wildman–Crippen MR) is 67.1 cm³/mol. The number of hydrazine groups is 1. The van der Waals surface area contributed by atoms with E-state index in [4.69, 9.17) is 10.3 Å². The van der Waals surface area contributed by atoms with Gasteiger partial charge in [0.15, 0.2) is 16.3 Å². The largest absolute Gasteiger partial charge is 0.446 e. The first-order chi connectivity index (χ1) is 7.79. The number of halogens is 1. The van der Waals surface area contributed by atoms with Gasteiger partial charge in [0.2, 0.25) is 0 Å². The molecule has 0 amide bonds. The van der Waals surface area contributed by atoms with Crippen LogP contribution in [0.25, 0.3) is 0 Å². The Hall–Kier alpha value is -0.810. The molecule has 4 nitrogen and oxygen atoms in total. The molecule has 0 saturated heterocycles. The lowest BCUT2D eigenvalue weighted by molar-refractivity contribution is 0.440. The van der Waals surface area contributed by atoms with Crippen LogP contribution in [-0.2, 0) is 0 Å². The lowest BCUT2D eigenvalue weighted by Gasteiger charge is -2.18. The van der Waals surface area contributed by atoms with Crippen LogP contribution in [0.3, 0.4) is 0 Å². The highest BCUT2D eigenvalue weighted by Crippen LogP contribution is 2.21. The van der Waals surface area contributed by atoms with Gasteiger partial charge in [-0.15, -0.1) is 0 Å². The van der Waals surface area contributed by atoms with E-state index in [1.165, 1.54) is 19.3 Å². The molecular formula is C11H16BrN3O. The van der Waals surface area contributed by atoms with Crippen molar-refractivity contribution in [2.45, 2.75) is 38.1 Å². The zero-order valence-electron chi connectivity index (χ0n) is 9.08. The van der Waals surface area contributed by atoms with Crippen LogP contribution in [0, 0.1) is 0 Å². The van der Waals surface area contributed by atoms with Gasteiger partial charge >= 0.3 is 0 Å². The van der Waals surface area contributed by atoms with Crippen LogP contribution in [0.5, 0.6) is 0 Å². The number of hydrogen-bond donors (Lipinski definition) is 2. The summed E-state index contributed by atoms with van der Waals surface area (Å²) in [5, 5.41) is 0. The fourth-order valence-corrected chi connectivity index (χ4v) is 2.31. The second-order valence-corrected chi connectivity index (χ2v) is 4.80. The maximum atomic E-state index is 5.48. The summed E-state index contributed by atoms with van der Waals surface area (Å²) in [5.41, 5.74) is 2.61. The van der Waals surface area contributed by atoms with E-state index in [1.807, 2.05) is 12.1 Å². The summed E-state index contributed by atoms with van der Waals surface area (Å²) >= 11 is 3.26. The Morgan fingerprint density at radius 3 is 2.69 bits per heavy atom. The molecule has 0 spiro atoms. The smallest absolute Gasteiger partial charge is 0.179 e. The molecule has 5 heteroatoms. The zero-order valence-corrected chi connectivity index (χ0v) is 10.7. The van der Waals surface area contributed by atoms with Crippen molar-refractivity contribution in [2.24, 2.45) is 10.8 Å². The fourth-order valence-electron chi connectivity index (χ4n) is 2.01. The van der Waals surface area contributed by atoms with Gasteiger partial charge in [-0.1, -0.05) is 19.3 Å². The SMILES string of the molecule is NNC(=NC1CCCCC1)c1ccc(Br)o1. The highest BCUT2D eigenvalue weighted by Gasteiger charge is 2.15. The molecule has 0 aliphatic heterocycles. The average Bonchev–Trinajstić information content (AvgIpc) is 2.74. The molecule has 16 heavy (non-hydrogen) atoms. The summed E-state index contributed by atoms with van der Waals surface area (Å²) in [5.74, 6) is 6.79. The third kappa shape index (κ3) is 2.86. The molecule has 1 aliphatic rings. The number of rotatable bonds is 2. The Bertz CT molecular complexity index is 369. The van der Waals surface area contributed by atoms with Crippen LogP contribution in [0.15, 0.2) is 26.2 Å². The van der Waals surface area contributed by atoms with Gasteiger partial charge in [0.25, 0.3) is 0 Å². The second-order valence-electron chi connectivity index (χ2n) is 4.02. The van der Waals surface area contributed by atoms with E-state index in [2.05, 4.69) is 26.3 Å². The van der Waals surface area contributed by atoms with Gasteiger partial charge in [-0.3, -0.25) is 4.99 Å². The lowest BCUT2D eigenvalue weighted by Crippen LogP contribution is -2.32. The molecule has 88 valence electrons. The minimum Gasteiger partial charge on any atom is -0.446 e. The van der Waals surface area contributed by atoms with Crippen molar-refractivity contribution in [2.75, 3.05) is 0 Å². The van der Waals surface area contributed by atoms with Crippen molar-refractivity contribution < 1.29 is 4.42 Å². The molecule has 1 aliphatic carbocycles. The normalized spacial score (nSPS) is 18.8. The first-order valence-electron chi connectivity index (χ1n) is 5.59. The van der Waals surface area contributed by atoms with Crippen molar-refractivity contribution in [1.82, 2.24) is 5.43 Å². The molecule has 3 N–H and O–H groups in total. The summed E-state index contributed by atoms with van der Waals surface area (Å²) < 4.78 is 6.11. The third-order valence-electron chi connectivity index (χ3n) is 2.83. The van der Waals surface area contributed by atoms with Gasteiger partial charge in [-0.25, -0.2) is 5.84 Å². The van der Waals surface area contributed by atoms with Crippen LogP contribution >= 0.6 is 15.9 Å². The lowest BCUT2D eigenvalue weighted by atomic mass is 9.96. The molecule has 0 atom stereocenters. The fraction of sp³-hybridized carbons (Fsp3) is 0.545. The molecule has 0 radical (unpaired) electrons. The van der Waals surface area contributed by atoms with Crippen molar-refractivity contribution in [3.63, 3.8) is 0 Å². The molecule has 2 rings (SSSR count). The Kier molecular flexibility index (Phi) is 4.01. The minimum absolute atomic E-state index is 0.378. The molecule has 0 unspecified atom stereocenters. The van der Waals surface area contributed by atoms with Crippen LogP contribution in [0.1, 0.15) is 37.9 Å². The number of nitrogens with two attached hydrogens (primary N) is 1. The minimum atomic E-state index is 0.378. The Morgan fingerprint density at radius 1 is 1.38 bits per heavy atom. The highest BCUT2D eigenvalue weighted by molar-refractivity contribution is 9.10. The maximum Gasteiger partial charge on any atom is 0.179 e. The molecule has 0 aromatic carbocycles. The predicted octanol–water partition coefficient (Wildman–Crippen LogP) is 2.58. The van der Waals surface area contributed by atoms with Gasteiger partial charge in [0.1, 0.15) is 0 Å². The number of amidine groups is 1. The van der Waals surface area contributed by atoms with E-state index in [9.17, 15) is 0 Å². The topological polar surface area (TPSA) is 63.5 Å². The number of furan rings is 1. The van der Waals surface area contributed by atoms with Gasteiger partial charge < -0.3 is 9.84 Å². The van der Waals surface area contributed by atoms with Crippen LogP contribution in [-0.4, -0.2) is 11.9 Å². The molecule has 1 heterocycles. The van der Waals surface area contributed by atoms with E-state index < -0.39 is 0 Å². The molecule has 1 aromatic heterocycles. The zero-order chi connectivity index (χ0) is 11.4. The Morgan fingerprint density at radius 2 is 2.12 bits per heavy atom. The van der Waals surface area contributed by atoms with Gasteiger partial charge in [-0.2, -0.15) is 0 Å². The summed E-state index contributed by atoms with van der Waals surface area (Å²) in [6.07, 6.45) is 6.13. The Labute approximate surface area is 103 Å². The second kappa shape index (κ2) is 5.50. The monoisotopic (exact) mass is 285 g/mol. The van der Waals surface area contributed by atoms with Gasteiger partial charge in [0, 0.05) is 0 Å². The number of hydrogen-bond acceptors (Lipinski definition) is 3. The molecule has 0 bridgehead atoms. The van der Waals surface area contributed by atoms with Crippen LogP contribution < -0.4 is 11.3 Å². The molecule has 1 fully saturated rings. The summed E-state index contributed by atoms with van der Waals surface area (Å²) in [7, 11) is 0. The number of nitrogens with zero attached hydrogens (tertiary/aromatic N) is 1. The molecule has 1 aromatic rings. The Balaban J connectivity index is 2.11. The van der Waals surface area contributed by atoms with E-state index in [-0.39, 0.29) is 0 Å². The number of nitrogens with one attached hydrogen (secondary N) is 1. The van der Waals surface area contributed by atoms with Crippen molar-refractivity contribution in [3.05, 3.63) is 22.6 Å².